The zero-order valence-electron chi connectivity index (χ0n) is 49.8. The fraction of sp³-hybridized carbons (Fsp3) is 0.314. The highest BCUT2D eigenvalue weighted by Gasteiger charge is 2.15. The summed E-state index contributed by atoms with van der Waals surface area (Å²) in [6.45, 7) is 11.1. The van der Waals surface area contributed by atoms with Gasteiger partial charge in [0.05, 0.1) is 48.7 Å². The van der Waals surface area contributed by atoms with E-state index < -0.39 is 35.8 Å². The molecule has 18 nitrogen and oxygen atoms in total. The van der Waals surface area contributed by atoms with Crippen LogP contribution in [0.1, 0.15) is 132 Å². The first-order chi connectivity index (χ1) is 42.6. The van der Waals surface area contributed by atoms with Gasteiger partial charge >= 0.3 is 47.8 Å². The van der Waals surface area contributed by atoms with Crippen LogP contribution in [0.4, 0.5) is 0 Å². The maximum absolute atomic E-state index is 12.8. The lowest BCUT2D eigenvalue weighted by Gasteiger charge is -2.09. The van der Waals surface area contributed by atoms with Crippen molar-refractivity contribution >= 4 is 47.8 Å². The van der Waals surface area contributed by atoms with E-state index in [1.165, 1.54) is 0 Å². The molecule has 0 unspecified atom stereocenters. The molecule has 0 aliphatic carbocycles. The molecule has 0 aliphatic rings. The SMILES string of the molecule is C=C(C)C(=O)OCCCOc1ccc(C(=O)Oc2ccc(-c3ccc(C(=O)OCCOC(=O)CCCCCCCCCCC(=O)OCCOC(=O)c4ccc(-c5ccc(OC(=O)c6ccc(OCCCOC(=O)C(=C)C)cc6)cc5)cc4)cc3)cc2)cc1. The second kappa shape index (κ2) is 36.9. The van der Waals surface area contributed by atoms with Crippen LogP contribution in [0.15, 0.2) is 170 Å². The molecule has 18 heteroatoms. The largest absolute Gasteiger partial charge is 0.493 e. The zero-order valence-corrected chi connectivity index (χ0v) is 49.8. The Morgan fingerprint density at radius 1 is 0.284 bits per heavy atom. The molecule has 0 spiro atoms. The molecule has 0 fully saturated rings. The summed E-state index contributed by atoms with van der Waals surface area (Å²) in [6, 6.07) is 40.7. The standard InChI is InChI=1S/C70H74O18/c1-49(2)65(73)83-43-13-41-79-59-33-29-57(30-34-59)69(77)87-61-37-25-53(26-38-61)51-17-21-55(22-18-51)67(75)85-47-45-81-63(71)15-11-9-7-5-6-8-10-12-16-64(72)82-46-48-86-68(76)56-23-19-52(20-24-56)54-27-39-62(40-28-54)88-70(78)58-31-35-60(36-32-58)80-42-14-44-84-66(74)50(3)4/h17-40H,1,3,5-16,41-48H2,2,4H3. The van der Waals surface area contributed by atoms with Gasteiger partial charge < -0.3 is 47.4 Å². The number of carbonyl (C=O) groups is 8. The van der Waals surface area contributed by atoms with Crippen LogP contribution < -0.4 is 18.9 Å². The van der Waals surface area contributed by atoms with Gasteiger partial charge in [0, 0.05) is 36.8 Å². The number of hydrogen-bond donors (Lipinski definition) is 0. The molecule has 0 saturated heterocycles. The van der Waals surface area contributed by atoms with E-state index in [1.54, 1.807) is 159 Å². The second-order valence-corrected chi connectivity index (χ2v) is 20.3. The average Bonchev–Trinajstić information content (AvgIpc) is 2.85. The summed E-state index contributed by atoms with van der Waals surface area (Å²) in [5.74, 6) is -1.90. The molecule has 0 N–H and O–H groups in total. The van der Waals surface area contributed by atoms with Gasteiger partial charge in [0.1, 0.15) is 49.4 Å². The van der Waals surface area contributed by atoms with Crippen LogP contribution in [0.3, 0.4) is 0 Å². The number of rotatable bonds is 37. The molecule has 0 aliphatic heterocycles. The van der Waals surface area contributed by atoms with Crippen LogP contribution in [-0.4, -0.2) is 101 Å². The van der Waals surface area contributed by atoms with Gasteiger partial charge in [0.15, 0.2) is 0 Å². The summed E-state index contributed by atoms with van der Waals surface area (Å²) < 4.78 is 53.6. The van der Waals surface area contributed by atoms with Crippen molar-refractivity contribution in [1.82, 2.24) is 0 Å². The van der Waals surface area contributed by atoms with E-state index in [2.05, 4.69) is 13.2 Å². The Balaban J connectivity index is 0.722. The molecule has 6 rings (SSSR count). The Bertz CT molecular complexity index is 3040. The van der Waals surface area contributed by atoms with Gasteiger partial charge in [-0.1, -0.05) is 100 Å². The number of esters is 8. The van der Waals surface area contributed by atoms with Crippen molar-refractivity contribution in [2.24, 2.45) is 0 Å². The van der Waals surface area contributed by atoms with Crippen molar-refractivity contribution in [3.63, 3.8) is 0 Å². The van der Waals surface area contributed by atoms with Crippen LogP contribution in [0.5, 0.6) is 23.0 Å². The smallest absolute Gasteiger partial charge is 0.343 e. The fourth-order valence-corrected chi connectivity index (χ4v) is 8.30. The molecule has 0 heterocycles. The first-order valence-corrected chi connectivity index (χ1v) is 29.2. The molecule has 0 amide bonds. The highest BCUT2D eigenvalue weighted by Crippen LogP contribution is 2.26. The molecule has 0 atom stereocenters. The van der Waals surface area contributed by atoms with E-state index in [4.69, 9.17) is 47.4 Å². The van der Waals surface area contributed by atoms with Crippen molar-refractivity contribution in [3.8, 4) is 45.3 Å². The van der Waals surface area contributed by atoms with Crippen molar-refractivity contribution in [1.29, 1.82) is 0 Å². The monoisotopic (exact) mass is 1200 g/mol. The molecular formula is C70H74O18. The van der Waals surface area contributed by atoms with Crippen LogP contribution in [0, 0.1) is 0 Å². The fourth-order valence-electron chi connectivity index (χ4n) is 8.30. The third-order valence-electron chi connectivity index (χ3n) is 13.2. The molecule has 0 radical (unpaired) electrons. The molecule has 0 bridgehead atoms. The maximum Gasteiger partial charge on any atom is 0.343 e. The van der Waals surface area contributed by atoms with Gasteiger partial charge in [-0.25, -0.2) is 28.8 Å². The molecule has 0 saturated carbocycles. The molecule has 0 aromatic heterocycles. The predicted molar refractivity (Wildman–Crippen MR) is 327 cm³/mol. The van der Waals surface area contributed by atoms with Crippen LogP contribution in [-0.2, 0) is 47.6 Å². The highest BCUT2D eigenvalue weighted by atomic mass is 16.6. The minimum absolute atomic E-state index is 0.0436. The molecular weight excluding hydrogens is 1130 g/mol. The van der Waals surface area contributed by atoms with Crippen LogP contribution in [0.25, 0.3) is 22.3 Å². The lowest BCUT2D eigenvalue weighted by molar-refractivity contribution is -0.145. The van der Waals surface area contributed by atoms with Crippen molar-refractivity contribution in [2.45, 2.75) is 90.9 Å². The van der Waals surface area contributed by atoms with Crippen molar-refractivity contribution in [2.75, 3.05) is 52.9 Å². The van der Waals surface area contributed by atoms with Crippen LogP contribution >= 0.6 is 0 Å². The first-order valence-electron chi connectivity index (χ1n) is 29.2. The average molecular weight is 1200 g/mol. The summed E-state index contributed by atoms with van der Waals surface area (Å²) >= 11 is 0. The third kappa shape index (κ3) is 24.3. The van der Waals surface area contributed by atoms with Crippen LogP contribution in [0.2, 0.25) is 0 Å². The topological polar surface area (TPSA) is 229 Å². The van der Waals surface area contributed by atoms with Gasteiger partial charge in [-0.2, -0.15) is 0 Å². The second-order valence-electron chi connectivity index (χ2n) is 20.3. The Labute approximate surface area is 512 Å². The Morgan fingerprint density at radius 3 is 0.886 bits per heavy atom. The van der Waals surface area contributed by atoms with E-state index in [0.29, 0.717) is 95.3 Å². The molecule has 88 heavy (non-hydrogen) atoms. The Kier molecular flexibility index (Phi) is 28.2. The van der Waals surface area contributed by atoms with Crippen molar-refractivity contribution < 1.29 is 85.7 Å². The lowest BCUT2D eigenvalue weighted by Crippen LogP contribution is -2.14. The highest BCUT2D eigenvalue weighted by molar-refractivity contribution is 5.93. The van der Waals surface area contributed by atoms with Gasteiger partial charge in [0.25, 0.3) is 0 Å². The van der Waals surface area contributed by atoms with Gasteiger partial charge in [-0.3, -0.25) is 9.59 Å². The lowest BCUT2D eigenvalue weighted by atomic mass is 10.0. The summed E-state index contributed by atoms with van der Waals surface area (Å²) in [5.41, 5.74) is 5.38. The third-order valence-corrected chi connectivity index (χ3v) is 13.2. The number of unbranched alkanes of at least 4 members (excludes halogenated alkanes) is 7. The van der Waals surface area contributed by atoms with Gasteiger partial charge in [-0.15, -0.1) is 0 Å². The minimum atomic E-state index is -0.543. The first kappa shape index (κ1) is 67.3. The molecule has 6 aromatic rings. The summed E-state index contributed by atoms with van der Waals surface area (Å²) in [4.78, 5) is 98.2. The van der Waals surface area contributed by atoms with E-state index >= 15 is 0 Å². The predicted octanol–water partition coefficient (Wildman–Crippen LogP) is 13.2. The van der Waals surface area contributed by atoms with Gasteiger partial charge in [-0.05, 0) is 146 Å². The normalized spacial score (nSPS) is 10.6. The van der Waals surface area contributed by atoms with Crippen molar-refractivity contribution in [3.05, 3.63) is 192 Å². The number of benzene rings is 6. The summed E-state index contributed by atoms with van der Waals surface area (Å²) in [6.07, 6.45) is 8.65. The quantitative estimate of drug-likeness (QED) is 0.0116. The van der Waals surface area contributed by atoms with E-state index in [1.807, 2.05) is 0 Å². The molecule has 462 valence electrons. The minimum Gasteiger partial charge on any atom is -0.493 e. The van der Waals surface area contributed by atoms with E-state index in [0.717, 1.165) is 60.8 Å². The molecule has 6 aromatic carbocycles. The number of ether oxygens (including phenoxy) is 10. The number of hydrogen-bond acceptors (Lipinski definition) is 18. The summed E-state index contributed by atoms with van der Waals surface area (Å²) in [7, 11) is 0. The van der Waals surface area contributed by atoms with E-state index in [9.17, 15) is 38.4 Å². The maximum atomic E-state index is 12.8. The van der Waals surface area contributed by atoms with Gasteiger partial charge in [0.2, 0.25) is 0 Å². The Hall–Kier alpha value is -9.84. The summed E-state index contributed by atoms with van der Waals surface area (Å²) in [5, 5.41) is 0. The zero-order chi connectivity index (χ0) is 62.9. The van der Waals surface area contributed by atoms with E-state index in [-0.39, 0.29) is 64.4 Å². The number of carbonyl (C=O) groups excluding carboxylic acids is 8. The Morgan fingerprint density at radius 2 is 0.557 bits per heavy atom.